The number of nitrogens with one attached hydrogen (secondary N) is 1. The number of hydrogen-bond acceptors (Lipinski definition) is 2. The van der Waals surface area contributed by atoms with Crippen LogP contribution >= 0.6 is 23.2 Å². The van der Waals surface area contributed by atoms with Crippen LogP contribution in [0.15, 0.2) is 6.07 Å². The summed E-state index contributed by atoms with van der Waals surface area (Å²) >= 11 is 11.6. The molecule has 1 aromatic heterocycles. The molecule has 0 aliphatic rings. The molecule has 0 bridgehead atoms. The molecule has 7 heteroatoms. The summed E-state index contributed by atoms with van der Waals surface area (Å²) in [5.41, 5.74) is 0.219. The van der Waals surface area contributed by atoms with Crippen LogP contribution in [0.4, 0.5) is 0 Å². The molecule has 1 heterocycles. The van der Waals surface area contributed by atoms with Crippen LogP contribution in [0.2, 0.25) is 10.2 Å². The summed E-state index contributed by atoms with van der Waals surface area (Å²) in [5, 5.41) is 11.9. The first kappa shape index (κ1) is 14.9. The SMILES string of the molecule is CC(C)[C@H](NC(=O)c1cc(Cl)c(Cl)n1C)C(=O)O. The molecular weight excluding hydrogens is 279 g/mol. The lowest BCUT2D eigenvalue weighted by molar-refractivity contribution is -0.140. The van der Waals surface area contributed by atoms with E-state index in [9.17, 15) is 9.59 Å². The number of aromatic nitrogens is 1. The molecule has 1 atom stereocenters. The normalized spacial score (nSPS) is 12.6. The van der Waals surface area contributed by atoms with Gasteiger partial charge in [0.1, 0.15) is 16.9 Å². The number of halogens is 2. The second-order valence-electron chi connectivity index (χ2n) is 4.26. The Morgan fingerprint density at radius 2 is 1.94 bits per heavy atom. The Morgan fingerprint density at radius 1 is 1.39 bits per heavy atom. The zero-order chi connectivity index (χ0) is 14.0. The second-order valence-corrected chi connectivity index (χ2v) is 5.03. The average Bonchev–Trinajstić information content (AvgIpc) is 2.52. The van der Waals surface area contributed by atoms with Crippen molar-refractivity contribution in [2.75, 3.05) is 0 Å². The Bertz CT molecular complexity index is 483. The zero-order valence-electron chi connectivity index (χ0n) is 10.2. The topological polar surface area (TPSA) is 71.3 Å². The van der Waals surface area contributed by atoms with Gasteiger partial charge >= 0.3 is 5.97 Å². The standard InChI is InChI=1S/C11H14Cl2N2O3/c1-5(2)8(11(17)18)14-10(16)7-4-6(12)9(13)15(7)3/h4-5,8H,1-3H3,(H,14,16)(H,17,18)/t8-/m0/s1. The van der Waals surface area contributed by atoms with Crippen LogP contribution in [-0.4, -0.2) is 27.6 Å². The van der Waals surface area contributed by atoms with Crippen molar-refractivity contribution in [3.63, 3.8) is 0 Å². The molecule has 0 unspecified atom stereocenters. The van der Waals surface area contributed by atoms with Gasteiger partial charge in [-0.25, -0.2) is 4.79 Å². The molecule has 1 amide bonds. The van der Waals surface area contributed by atoms with Gasteiger partial charge in [0.05, 0.1) is 5.02 Å². The summed E-state index contributed by atoms with van der Waals surface area (Å²) in [5.74, 6) is -1.82. The quantitative estimate of drug-likeness (QED) is 0.893. The van der Waals surface area contributed by atoms with E-state index in [0.29, 0.717) is 0 Å². The molecule has 5 nitrogen and oxygen atoms in total. The summed E-state index contributed by atoms with van der Waals surface area (Å²) in [7, 11) is 1.58. The minimum atomic E-state index is -1.08. The number of carbonyl (C=O) groups is 2. The fourth-order valence-electron chi connectivity index (χ4n) is 1.49. The molecular formula is C11H14Cl2N2O3. The monoisotopic (exact) mass is 292 g/mol. The number of aliphatic carboxylic acids is 1. The molecule has 0 spiro atoms. The molecule has 0 aromatic carbocycles. The van der Waals surface area contributed by atoms with Gasteiger partial charge in [0.25, 0.3) is 5.91 Å². The van der Waals surface area contributed by atoms with E-state index in [2.05, 4.69) is 5.32 Å². The van der Waals surface area contributed by atoms with E-state index in [1.165, 1.54) is 10.6 Å². The Balaban J connectivity index is 2.94. The van der Waals surface area contributed by atoms with Crippen LogP contribution in [-0.2, 0) is 11.8 Å². The average molecular weight is 293 g/mol. The van der Waals surface area contributed by atoms with Gasteiger partial charge in [0.15, 0.2) is 0 Å². The third-order valence-corrected chi connectivity index (χ3v) is 3.41. The summed E-state index contributed by atoms with van der Waals surface area (Å²) in [6.07, 6.45) is 0. The smallest absolute Gasteiger partial charge is 0.326 e. The molecule has 0 fully saturated rings. The van der Waals surface area contributed by atoms with Gasteiger partial charge in [-0.2, -0.15) is 0 Å². The Kier molecular flexibility index (Phi) is 4.65. The maximum absolute atomic E-state index is 11.9. The molecule has 100 valence electrons. The van der Waals surface area contributed by atoms with Gasteiger partial charge in [-0.05, 0) is 12.0 Å². The molecule has 18 heavy (non-hydrogen) atoms. The fourth-order valence-corrected chi connectivity index (χ4v) is 1.86. The number of carboxylic acids is 1. The molecule has 0 aliphatic carbocycles. The van der Waals surface area contributed by atoms with Crippen LogP contribution in [0.25, 0.3) is 0 Å². The molecule has 0 radical (unpaired) electrons. The number of rotatable bonds is 4. The highest BCUT2D eigenvalue weighted by Gasteiger charge is 2.25. The van der Waals surface area contributed by atoms with Crippen molar-refractivity contribution < 1.29 is 14.7 Å². The first-order valence-corrected chi connectivity index (χ1v) is 6.05. The van der Waals surface area contributed by atoms with E-state index >= 15 is 0 Å². The van der Waals surface area contributed by atoms with Crippen LogP contribution in [0, 0.1) is 5.92 Å². The molecule has 0 aliphatic heterocycles. The van der Waals surface area contributed by atoms with Crippen molar-refractivity contribution in [1.82, 2.24) is 9.88 Å². The Morgan fingerprint density at radius 3 is 2.28 bits per heavy atom. The van der Waals surface area contributed by atoms with Gasteiger partial charge < -0.3 is 15.0 Å². The molecule has 0 saturated carbocycles. The molecule has 0 saturated heterocycles. The number of carboxylic acid groups (broad SMARTS) is 1. The highest BCUT2D eigenvalue weighted by Crippen LogP contribution is 2.25. The lowest BCUT2D eigenvalue weighted by Crippen LogP contribution is -2.44. The van der Waals surface area contributed by atoms with E-state index in [0.717, 1.165) is 0 Å². The van der Waals surface area contributed by atoms with Crippen molar-refractivity contribution in [3.05, 3.63) is 21.9 Å². The Hall–Kier alpha value is -1.20. The highest BCUT2D eigenvalue weighted by molar-refractivity contribution is 6.41. The largest absolute Gasteiger partial charge is 0.480 e. The van der Waals surface area contributed by atoms with Crippen molar-refractivity contribution in [1.29, 1.82) is 0 Å². The zero-order valence-corrected chi connectivity index (χ0v) is 11.7. The van der Waals surface area contributed by atoms with Crippen molar-refractivity contribution in [3.8, 4) is 0 Å². The first-order chi connectivity index (χ1) is 8.25. The van der Waals surface area contributed by atoms with E-state index in [1.54, 1.807) is 20.9 Å². The van der Waals surface area contributed by atoms with Crippen molar-refractivity contribution in [2.45, 2.75) is 19.9 Å². The van der Waals surface area contributed by atoms with Gasteiger partial charge in [0, 0.05) is 7.05 Å². The van der Waals surface area contributed by atoms with E-state index in [-0.39, 0.29) is 21.8 Å². The van der Waals surface area contributed by atoms with Crippen LogP contribution in [0.5, 0.6) is 0 Å². The van der Waals surface area contributed by atoms with Crippen LogP contribution < -0.4 is 5.32 Å². The third kappa shape index (κ3) is 2.97. The molecule has 1 aromatic rings. The molecule has 1 rings (SSSR count). The minimum Gasteiger partial charge on any atom is -0.480 e. The predicted octanol–water partition coefficient (Wildman–Crippen LogP) is 2.17. The highest BCUT2D eigenvalue weighted by atomic mass is 35.5. The fraction of sp³-hybridized carbons (Fsp3) is 0.455. The number of nitrogens with zero attached hydrogens (tertiary/aromatic N) is 1. The van der Waals surface area contributed by atoms with E-state index < -0.39 is 17.9 Å². The van der Waals surface area contributed by atoms with Crippen molar-refractivity contribution >= 4 is 35.1 Å². The van der Waals surface area contributed by atoms with Crippen LogP contribution in [0.1, 0.15) is 24.3 Å². The predicted molar refractivity (Wildman–Crippen MR) is 69.2 cm³/mol. The molecule has 2 N–H and O–H groups in total. The van der Waals surface area contributed by atoms with Gasteiger partial charge in [0.2, 0.25) is 0 Å². The maximum Gasteiger partial charge on any atom is 0.326 e. The summed E-state index contributed by atoms with van der Waals surface area (Å²) in [4.78, 5) is 22.9. The maximum atomic E-state index is 11.9. The summed E-state index contributed by atoms with van der Waals surface area (Å²) < 4.78 is 1.40. The third-order valence-electron chi connectivity index (χ3n) is 2.57. The van der Waals surface area contributed by atoms with E-state index in [1.807, 2.05) is 0 Å². The van der Waals surface area contributed by atoms with Gasteiger partial charge in [-0.3, -0.25) is 4.79 Å². The lowest BCUT2D eigenvalue weighted by atomic mass is 10.0. The first-order valence-electron chi connectivity index (χ1n) is 5.30. The minimum absolute atomic E-state index is 0.219. The van der Waals surface area contributed by atoms with Gasteiger partial charge in [-0.1, -0.05) is 37.0 Å². The van der Waals surface area contributed by atoms with E-state index in [4.69, 9.17) is 28.3 Å². The summed E-state index contributed by atoms with van der Waals surface area (Å²) in [6.45, 7) is 3.42. The second kappa shape index (κ2) is 5.63. The van der Waals surface area contributed by atoms with Crippen LogP contribution in [0.3, 0.4) is 0 Å². The number of amides is 1. The summed E-state index contributed by atoms with van der Waals surface area (Å²) in [6, 6.07) is 0.448. The lowest BCUT2D eigenvalue weighted by Gasteiger charge is -2.18. The number of carbonyl (C=O) groups excluding carboxylic acids is 1. The number of hydrogen-bond donors (Lipinski definition) is 2. The van der Waals surface area contributed by atoms with Gasteiger partial charge in [-0.15, -0.1) is 0 Å². The van der Waals surface area contributed by atoms with Crippen molar-refractivity contribution in [2.24, 2.45) is 13.0 Å². The Labute approximate surface area is 115 Å².